The van der Waals surface area contributed by atoms with Crippen molar-refractivity contribution in [2.24, 2.45) is 0 Å². The molecule has 0 bridgehead atoms. The van der Waals surface area contributed by atoms with Crippen molar-refractivity contribution in [1.82, 2.24) is 0 Å². The Labute approximate surface area is 267 Å². The monoisotopic (exact) mass is 670 g/mol. The average molecular weight is 672 g/mol. The van der Waals surface area contributed by atoms with Gasteiger partial charge in [0, 0.05) is 25.1 Å². The van der Waals surface area contributed by atoms with Gasteiger partial charge in [-0.25, -0.2) is 0 Å². The van der Waals surface area contributed by atoms with E-state index in [1.54, 1.807) is 0 Å². The van der Waals surface area contributed by atoms with E-state index in [1.807, 2.05) is 20.8 Å². The molecule has 4 aliphatic rings. The fourth-order valence-electron chi connectivity index (χ4n) is 7.73. The second kappa shape index (κ2) is 12.7. The molecule has 0 aliphatic carbocycles. The lowest BCUT2D eigenvalue weighted by atomic mass is 9.76. The Morgan fingerprint density at radius 1 is 0.884 bits per heavy atom. The van der Waals surface area contributed by atoms with Crippen LogP contribution >= 0.6 is 15.9 Å². The van der Waals surface area contributed by atoms with E-state index in [1.165, 1.54) is 13.8 Å². The number of ether oxygens (including phenoxy) is 6. The fourth-order valence-corrected chi connectivity index (χ4v) is 8.05. The summed E-state index contributed by atoms with van der Waals surface area (Å²) in [7, 11) is 0. The van der Waals surface area contributed by atoms with Gasteiger partial charge in [0.1, 0.15) is 17.3 Å². The zero-order valence-corrected chi connectivity index (χ0v) is 29.6. The lowest BCUT2D eigenvalue weighted by Gasteiger charge is -2.55. The molecule has 0 aromatic rings. The molecule has 0 saturated carbocycles. The lowest BCUT2D eigenvalue weighted by Crippen LogP contribution is -2.62. The minimum atomic E-state index is -0.772. The Morgan fingerprint density at radius 2 is 1.53 bits per heavy atom. The first-order valence-electron chi connectivity index (χ1n) is 16.2. The highest BCUT2D eigenvalue weighted by Crippen LogP contribution is 2.48. The molecule has 4 aliphatic heterocycles. The van der Waals surface area contributed by atoms with Crippen molar-refractivity contribution < 1.29 is 38.0 Å². The summed E-state index contributed by atoms with van der Waals surface area (Å²) in [5.41, 5.74) is -1.24. The topological polar surface area (TPSA) is 89.5 Å². The van der Waals surface area contributed by atoms with Gasteiger partial charge in [0.2, 0.25) is 0 Å². The molecule has 0 aromatic carbocycles. The fraction of sp³-hybridized carbons (Fsp3) is 0.882. The predicted molar refractivity (Wildman–Crippen MR) is 168 cm³/mol. The minimum absolute atomic E-state index is 0.0256. The number of esters is 2. The van der Waals surface area contributed by atoms with E-state index in [0.717, 1.165) is 44.1 Å². The summed E-state index contributed by atoms with van der Waals surface area (Å²) in [6.07, 6.45) is 9.01. The van der Waals surface area contributed by atoms with E-state index in [4.69, 9.17) is 28.4 Å². The lowest BCUT2D eigenvalue weighted by molar-refractivity contribution is -0.284. The van der Waals surface area contributed by atoms with Gasteiger partial charge in [-0.3, -0.25) is 9.59 Å². The third kappa shape index (κ3) is 7.70. The number of carbonyl (C=O) groups is 2. The summed E-state index contributed by atoms with van der Waals surface area (Å²) in [5.74, 6) is -0.680. The van der Waals surface area contributed by atoms with Gasteiger partial charge in [-0.2, -0.15) is 0 Å². The number of carbonyl (C=O) groups excluding carboxylic acids is 2. The molecule has 4 saturated heterocycles. The third-order valence-corrected chi connectivity index (χ3v) is 12.0. The van der Waals surface area contributed by atoms with E-state index in [9.17, 15) is 9.59 Å². The van der Waals surface area contributed by atoms with Crippen LogP contribution in [0.5, 0.6) is 0 Å². The Bertz CT molecular complexity index is 1070. The van der Waals surface area contributed by atoms with Crippen molar-refractivity contribution in [2.75, 3.05) is 0 Å². The second-order valence-electron chi connectivity index (χ2n) is 15.1. The highest BCUT2D eigenvalue weighted by atomic mass is 79.9. The summed E-state index contributed by atoms with van der Waals surface area (Å²) in [6, 6.07) is 0. The van der Waals surface area contributed by atoms with E-state index in [2.05, 4.69) is 56.6 Å². The molecule has 0 spiro atoms. The van der Waals surface area contributed by atoms with Crippen LogP contribution in [0.2, 0.25) is 0 Å². The van der Waals surface area contributed by atoms with E-state index in [-0.39, 0.29) is 53.2 Å². The number of hydrogen-bond acceptors (Lipinski definition) is 8. The van der Waals surface area contributed by atoms with Crippen molar-refractivity contribution >= 4 is 27.9 Å². The van der Waals surface area contributed by atoms with Gasteiger partial charge in [-0.15, -0.1) is 0 Å². The zero-order valence-electron chi connectivity index (χ0n) is 28.0. The van der Waals surface area contributed by atoms with Gasteiger partial charge in [0.05, 0.1) is 41.2 Å². The Hall–Kier alpha value is -1.00. The SMILES string of the molecule is CC(=O)O[C@@H](C/C=C(/C)[C@H]1CC[C@H]2O[C@@H]([C@]3(C)CC[C@@H](Br)C(C)(C)O3)CC[C@]2(C)O1)[C@@]1(C)CC[C@H](C(C)(C)OC(C)=O)O1. The highest BCUT2D eigenvalue weighted by Gasteiger charge is 2.54. The summed E-state index contributed by atoms with van der Waals surface area (Å²) < 4.78 is 38.1. The number of halogens is 1. The molecule has 0 radical (unpaired) electrons. The third-order valence-electron chi connectivity index (χ3n) is 10.5. The Kier molecular flexibility index (Phi) is 10.3. The molecule has 8 nitrogen and oxygen atoms in total. The normalized spacial score (nSPS) is 40.8. The molecule has 4 fully saturated rings. The van der Waals surface area contributed by atoms with E-state index in [0.29, 0.717) is 24.1 Å². The van der Waals surface area contributed by atoms with E-state index < -0.39 is 17.3 Å². The van der Waals surface area contributed by atoms with Gasteiger partial charge in [-0.1, -0.05) is 22.0 Å². The maximum Gasteiger partial charge on any atom is 0.303 e. The summed E-state index contributed by atoms with van der Waals surface area (Å²) >= 11 is 3.80. The summed E-state index contributed by atoms with van der Waals surface area (Å²) in [4.78, 5) is 24.1. The molecule has 43 heavy (non-hydrogen) atoms. The van der Waals surface area contributed by atoms with Crippen molar-refractivity contribution in [3.05, 3.63) is 11.6 Å². The molecular weight excluding hydrogens is 616 g/mol. The highest BCUT2D eigenvalue weighted by molar-refractivity contribution is 9.09. The first-order valence-corrected chi connectivity index (χ1v) is 17.1. The second-order valence-corrected chi connectivity index (χ2v) is 16.2. The molecule has 0 aromatic heterocycles. The van der Waals surface area contributed by atoms with Crippen LogP contribution in [0.4, 0.5) is 0 Å². The van der Waals surface area contributed by atoms with Gasteiger partial charge >= 0.3 is 11.9 Å². The molecule has 9 atom stereocenters. The van der Waals surface area contributed by atoms with Crippen molar-refractivity contribution in [3.63, 3.8) is 0 Å². The quantitative estimate of drug-likeness (QED) is 0.153. The molecule has 9 heteroatoms. The molecule has 4 rings (SSSR count). The maximum atomic E-state index is 12.1. The van der Waals surface area contributed by atoms with Gasteiger partial charge < -0.3 is 28.4 Å². The molecule has 0 unspecified atom stereocenters. The summed E-state index contributed by atoms with van der Waals surface area (Å²) in [6.45, 7) is 19.4. The molecular formula is C34H55BrO8. The Balaban J connectivity index is 1.39. The van der Waals surface area contributed by atoms with Gasteiger partial charge in [0.25, 0.3) is 0 Å². The number of alkyl halides is 1. The minimum Gasteiger partial charge on any atom is -0.459 e. The average Bonchev–Trinajstić information content (AvgIpc) is 3.31. The first kappa shape index (κ1) is 34.9. The first-order chi connectivity index (χ1) is 19.8. The van der Waals surface area contributed by atoms with Crippen LogP contribution < -0.4 is 0 Å². The number of fused-ring (bicyclic) bond motifs is 1. The smallest absolute Gasteiger partial charge is 0.303 e. The maximum absolute atomic E-state index is 12.1. The largest absolute Gasteiger partial charge is 0.459 e. The van der Waals surface area contributed by atoms with Gasteiger partial charge in [0.15, 0.2) is 0 Å². The zero-order chi connectivity index (χ0) is 32.0. The van der Waals surface area contributed by atoms with Crippen molar-refractivity contribution in [2.45, 2.75) is 190 Å². The van der Waals surface area contributed by atoms with Crippen molar-refractivity contribution in [1.29, 1.82) is 0 Å². The molecule has 0 N–H and O–H groups in total. The van der Waals surface area contributed by atoms with Crippen LogP contribution in [0.1, 0.15) is 127 Å². The van der Waals surface area contributed by atoms with Crippen LogP contribution in [-0.2, 0) is 38.0 Å². The van der Waals surface area contributed by atoms with Crippen LogP contribution in [0, 0.1) is 0 Å². The number of rotatable bonds is 8. The van der Waals surface area contributed by atoms with Crippen LogP contribution in [0.15, 0.2) is 11.6 Å². The van der Waals surface area contributed by atoms with Crippen LogP contribution in [-0.4, -0.2) is 75.3 Å². The predicted octanol–water partition coefficient (Wildman–Crippen LogP) is 7.13. The van der Waals surface area contributed by atoms with Crippen molar-refractivity contribution in [3.8, 4) is 0 Å². The van der Waals surface area contributed by atoms with Crippen LogP contribution in [0.25, 0.3) is 0 Å². The van der Waals surface area contributed by atoms with Crippen LogP contribution in [0.3, 0.4) is 0 Å². The Morgan fingerprint density at radius 3 is 2.16 bits per heavy atom. The standard InChI is InChI=1S/C34H55BrO8/c1-21(11-13-27(38-22(2)36)33(9)19-16-26(42-33)31(6,7)40-23(3)37)24-12-14-28-32(8,41-24)20-17-29(39-28)34(10)18-15-25(35)30(4,5)43-34/h11,24-29H,12-20H2,1-10H3/b21-11-/t24-,25-,26-,27+,28-,29-,32+,33-,34+/m1/s1. The molecule has 246 valence electrons. The molecule has 0 amide bonds. The molecule has 4 heterocycles. The van der Waals surface area contributed by atoms with Gasteiger partial charge in [-0.05, 0) is 112 Å². The van der Waals surface area contributed by atoms with E-state index >= 15 is 0 Å². The number of hydrogen-bond donors (Lipinski definition) is 0. The summed E-state index contributed by atoms with van der Waals surface area (Å²) in [5, 5.41) is 0.